The van der Waals surface area contributed by atoms with Crippen LogP contribution in [-0.4, -0.2) is 68.0 Å². The lowest BCUT2D eigenvalue weighted by Gasteiger charge is -2.17. The van der Waals surface area contributed by atoms with E-state index in [2.05, 4.69) is 10.6 Å². The second-order valence-corrected chi connectivity index (χ2v) is 16.2. The minimum Gasteiger partial charge on any atom is -0.349 e. The van der Waals surface area contributed by atoms with Crippen LogP contribution in [0.2, 0.25) is 0 Å². The summed E-state index contributed by atoms with van der Waals surface area (Å²) in [6.07, 6.45) is 0.229. The summed E-state index contributed by atoms with van der Waals surface area (Å²) in [5.41, 5.74) is -1.53. The standard InChI is InChI=1S/C34H36N2O10S/c1-33(2,3)13-25(39)35-15-23(37)27-29(41)19-9-7-17(11-21(19)31(27)43)47(45,46)18-8-10-20-22(12-18)32(44)28(30(20)42)24(38)16-36-26(40)14-34(4,5)6/h7-12,27-28H,13-16H2,1-6H3,(H,35,39)(H,36,40). The Hall–Kier alpha value is -4.65. The number of ketones is 6. The maximum atomic E-state index is 13.6. The minimum absolute atomic E-state index is 0.115. The van der Waals surface area contributed by atoms with E-state index in [1.165, 1.54) is 0 Å². The van der Waals surface area contributed by atoms with Crippen LogP contribution < -0.4 is 10.6 Å². The Morgan fingerprint density at radius 2 is 0.894 bits per heavy atom. The van der Waals surface area contributed by atoms with Gasteiger partial charge in [0.25, 0.3) is 0 Å². The van der Waals surface area contributed by atoms with Crippen molar-refractivity contribution in [3.63, 3.8) is 0 Å². The van der Waals surface area contributed by atoms with E-state index >= 15 is 0 Å². The number of sulfone groups is 1. The maximum absolute atomic E-state index is 13.6. The number of nitrogens with one attached hydrogen (secondary N) is 2. The summed E-state index contributed by atoms with van der Waals surface area (Å²) in [7, 11) is -4.43. The van der Waals surface area contributed by atoms with Gasteiger partial charge in [0.2, 0.25) is 21.7 Å². The highest BCUT2D eigenvalue weighted by Crippen LogP contribution is 2.34. The quantitative estimate of drug-likeness (QED) is 0.357. The van der Waals surface area contributed by atoms with Crippen molar-refractivity contribution in [3.05, 3.63) is 58.7 Å². The summed E-state index contributed by atoms with van der Waals surface area (Å²) in [5.74, 6) is -9.39. The van der Waals surface area contributed by atoms with Crippen LogP contribution in [0.25, 0.3) is 0 Å². The van der Waals surface area contributed by atoms with E-state index in [0.29, 0.717) is 0 Å². The Morgan fingerprint density at radius 3 is 1.21 bits per heavy atom. The topological polar surface area (TPSA) is 195 Å². The Labute approximate surface area is 272 Å². The summed E-state index contributed by atoms with van der Waals surface area (Å²) < 4.78 is 27.2. The SMILES string of the molecule is CC(C)(C)CC(=O)NCC(=O)C1C(=O)c2ccc(S(=O)(=O)c3ccc4c(c3)C(=O)C(C(=O)CNC(=O)CC(C)(C)C)C4=O)cc2C1=O. The molecule has 2 unspecified atom stereocenters. The van der Waals surface area contributed by atoms with Crippen LogP contribution in [-0.2, 0) is 29.0 Å². The smallest absolute Gasteiger partial charge is 0.220 e. The van der Waals surface area contributed by atoms with E-state index in [0.717, 1.165) is 36.4 Å². The summed E-state index contributed by atoms with van der Waals surface area (Å²) in [4.78, 5) is 101. The molecule has 2 N–H and O–H groups in total. The highest BCUT2D eigenvalue weighted by Gasteiger charge is 2.45. The predicted octanol–water partition coefficient (Wildman–Crippen LogP) is 2.75. The zero-order chi connectivity index (χ0) is 35.2. The van der Waals surface area contributed by atoms with Gasteiger partial charge in [-0.25, -0.2) is 8.42 Å². The van der Waals surface area contributed by atoms with E-state index in [-0.39, 0.29) is 45.9 Å². The number of hydrogen-bond donors (Lipinski definition) is 2. The first-order chi connectivity index (χ1) is 21.6. The third-order valence-electron chi connectivity index (χ3n) is 7.66. The molecular formula is C34H36N2O10S. The van der Waals surface area contributed by atoms with Gasteiger partial charge in [0.1, 0.15) is 11.8 Å². The monoisotopic (exact) mass is 664 g/mol. The van der Waals surface area contributed by atoms with Gasteiger partial charge in [0.05, 0.1) is 22.9 Å². The van der Waals surface area contributed by atoms with Gasteiger partial charge in [-0.1, -0.05) is 41.5 Å². The summed E-state index contributed by atoms with van der Waals surface area (Å²) >= 11 is 0. The average Bonchev–Trinajstić information content (AvgIpc) is 3.36. The lowest BCUT2D eigenvalue weighted by atomic mass is 9.92. The largest absolute Gasteiger partial charge is 0.349 e. The molecule has 47 heavy (non-hydrogen) atoms. The van der Waals surface area contributed by atoms with E-state index < -0.39 is 91.1 Å². The van der Waals surface area contributed by atoms with Crippen molar-refractivity contribution in [1.29, 1.82) is 0 Å². The van der Waals surface area contributed by atoms with Crippen molar-refractivity contribution in [1.82, 2.24) is 10.6 Å². The number of hydrogen-bond acceptors (Lipinski definition) is 10. The number of benzene rings is 2. The molecule has 0 bridgehead atoms. The maximum Gasteiger partial charge on any atom is 0.220 e. The highest BCUT2D eigenvalue weighted by molar-refractivity contribution is 7.91. The Morgan fingerprint density at radius 1 is 0.574 bits per heavy atom. The molecule has 2 aromatic rings. The first-order valence-corrected chi connectivity index (χ1v) is 16.4. The van der Waals surface area contributed by atoms with Crippen molar-refractivity contribution in [3.8, 4) is 0 Å². The molecule has 12 nitrogen and oxygen atoms in total. The molecule has 2 atom stereocenters. The number of carbonyl (C=O) groups is 8. The molecule has 0 fully saturated rings. The summed E-state index contributed by atoms with van der Waals surface area (Å²) in [6, 6.07) is 6.37. The lowest BCUT2D eigenvalue weighted by Crippen LogP contribution is -2.37. The van der Waals surface area contributed by atoms with E-state index in [1.807, 2.05) is 41.5 Å². The summed E-state index contributed by atoms with van der Waals surface area (Å²) in [5, 5.41) is 4.84. The molecule has 0 spiro atoms. The Kier molecular flexibility index (Phi) is 9.37. The van der Waals surface area contributed by atoms with Crippen molar-refractivity contribution >= 4 is 56.4 Å². The molecule has 0 saturated carbocycles. The highest BCUT2D eigenvalue weighted by atomic mass is 32.2. The van der Waals surface area contributed by atoms with Gasteiger partial charge < -0.3 is 10.6 Å². The molecule has 13 heteroatoms. The zero-order valence-electron chi connectivity index (χ0n) is 26.9. The summed E-state index contributed by atoms with van der Waals surface area (Å²) in [6.45, 7) is 9.88. The first kappa shape index (κ1) is 35.2. The van der Waals surface area contributed by atoms with Crippen LogP contribution in [0.1, 0.15) is 95.8 Å². The molecule has 2 aliphatic rings. The van der Waals surface area contributed by atoms with Gasteiger partial charge in [-0.15, -0.1) is 0 Å². The van der Waals surface area contributed by atoms with Crippen molar-refractivity contribution in [2.24, 2.45) is 22.7 Å². The molecule has 0 saturated heterocycles. The second-order valence-electron chi connectivity index (χ2n) is 14.2. The van der Waals surface area contributed by atoms with Crippen molar-refractivity contribution in [2.75, 3.05) is 13.1 Å². The fourth-order valence-corrected chi connectivity index (χ4v) is 6.78. The van der Waals surface area contributed by atoms with Crippen molar-refractivity contribution in [2.45, 2.75) is 64.2 Å². The first-order valence-electron chi connectivity index (χ1n) is 14.9. The molecule has 0 heterocycles. The van der Waals surface area contributed by atoms with Gasteiger partial charge in [-0.05, 0) is 47.2 Å². The number of fused-ring (bicyclic) bond motifs is 2. The number of amides is 2. The second kappa shape index (κ2) is 12.5. The third-order valence-corrected chi connectivity index (χ3v) is 9.41. The van der Waals surface area contributed by atoms with Gasteiger partial charge in [0, 0.05) is 35.1 Å². The van der Waals surface area contributed by atoms with Gasteiger partial charge in [-0.3, -0.25) is 38.4 Å². The van der Waals surface area contributed by atoms with E-state index in [4.69, 9.17) is 0 Å². The molecular weight excluding hydrogens is 628 g/mol. The molecule has 248 valence electrons. The zero-order valence-corrected chi connectivity index (χ0v) is 27.8. The predicted molar refractivity (Wildman–Crippen MR) is 167 cm³/mol. The van der Waals surface area contributed by atoms with Crippen LogP contribution in [0.15, 0.2) is 46.2 Å². The van der Waals surface area contributed by atoms with E-state index in [9.17, 15) is 46.8 Å². The van der Waals surface area contributed by atoms with Crippen molar-refractivity contribution < 1.29 is 46.8 Å². The molecule has 0 aliphatic heterocycles. The van der Waals surface area contributed by atoms with Crippen LogP contribution in [0.4, 0.5) is 0 Å². The van der Waals surface area contributed by atoms with Gasteiger partial charge >= 0.3 is 0 Å². The van der Waals surface area contributed by atoms with Gasteiger partial charge in [0.15, 0.2) is 34.7 Å². The Balaban J connectivity index is 1.52. The van der Waals surface area contributed by atoms with Crippen LogP contribution in [0, 0.1) is 22.7 Å². The minimum atomic E-state index is -4.43. The molecule has 0 radical (unpaired) electrons. The fraction of sp³-hybridized carbons (Fsp3) is 0.412. The molecule has 4 rings (SSSR count). The molecule has 2 aromatic carbocycles. The Bertz CT molecular complexity index is 1750. The average molecular weight is 665 g/mol. The van der Waals surface area contributed by atoms with Crippen LogP contribution in [0.5, 0.6) is 0 Å². The normalized spacial score (nSPS) is 17.7. The number of rotatable bonds is 10. The van der Waals surface area contributed by atoms with Crippen LogP contribution in [0.3, 0.4) is 0 Å². The molecule has 2 amide bonds. The molecule has 0 aromatic heterocycles. The fourth-order valence-electron chi connectivity index (χ4n) is 5.46. The molecule has 2 aliphatic carbocycles. The van der Waals surface area contributed by atoms with E-state index in [1.54, 1.807) is 0 Å². The van der Waals surface area contributed by atoms with Crippen LogP contribution >= 0.6 is 0 Å². The number of Topliss-reactive ketones (excluding diaryl/α,β-unsaturated/α-hetero) is 6. The lowest BCUT2D eigenvalue weighted by molar-refractivity contribution is -0.126. The van der Waals surface area contributed by atoms with Gasteiger partial charge in [-0.2, -0.15) is 0 Å². The number of carbonyl (C=O) groups excluding carboxylic acids is 8. The third kappa shape index (κ3) is 7.35.